The van der Waals surface area contributed by atoms with E-state index in [9.17, 15) is 10.2 Å². The molecule has 0 aliphatic carbocycles. The zero-order valence-corrected chi connectivity index (χ0v) is 10.7. The second-order valence-corrected chi connectivity index (χ2v) is 4.60. The van der Waals surface area contributed by atoms with Crippen LogP contribution in [0.25, 0.3) is 10.8 Å². The van der Waals surface area contributed by atoms with E-state index in [-0.39, 0.29) is 11.9 Å². The van der Waals surface area contributed by atoms with Crippen molar-refractivity contribution < 1.29 is 10.2 Å². The average Bonchev–Trinajstić information content (AvgIpc) is 2.35. The van der Waals surface area contributed by atoms with Crippen LogP contribution < -0.4 is 4.90 Å². The summed E-state index contributed by atoms with van der Waals surface area (Å²) in [5, 5.41) is 20.9. The molecule has 0 saturated carbocycles. The van der Waals surface area contributed by atoms with Crippen molar-refractivity contribution in [3.8, 4) is 5.75 Å². The van der Waals surface area contributed by atoms with Gasteiger partial charge in [-0.05, 0) is 36.9 Å². The maximum absolute atomic E-state index is 9.57. The summed E-state index contributed by atoms with van der Waals surface area (Å²) in [6.45, 7) is 2.50. The molecule has 2 N–H and O–H groups in total. The molecule has 4 heteroatoms. The molecule has 0 spiro atoms. The van der Waals surface area contributed by atoms with Crippen LogP contribution in [-0.2, 0) is 0 Å². The van der Waals surface area contributed by atoms with Crippen LogP contribution in [0, 0.1) is 0 Å². The SMILES string of the molecule is CC(O)CCN(C)c1nccc2ccc(O)cc12. The van der Waals surface area contributed by atoms with E-state index in [0.29, 0.717) is 6.42 Å². The van der Waals surface area contributed by atoms with E-state index >= 15 is 0 Å². The summed E-state index contributed by atoms with van der Waals surface area (Å²) in [4.78, 5) is 6.35. The standard InChI is InChI=1S/C14H18N2O2/c1-10(17)6-8-16(2)14-13-9-12(18)4-3-11(13)5-7-15-14/h3-5,7,9-10,17-18H,6,8H2,1-2H3. The molecule has 4 nitrogen and oxygen atoms in total. The number of phenolic OH excluding ortho intramolecular Hbond substituents is 1. The van der Waals surface area contributed by atoms with Gasteiger partial charge in [-0.1, -0.05) is 6.07 Å². The van der Waals surface area contributed by atoms with Gasteiger partial charge in [0.2, 0.25) is 0 Å². The van der Waals surface area contributed by atoms with E-state index < -0.39 is 0 Å². The van der Waals surface area contributed by atoms with E-state index in [2.05, 4.69) is 4.98 Å². The fourth-order valence-electron chi connectivity index (χ4n) is 1.93. The number of aliphatic hydroxyl groups excluding tert-OH is 1. The highest BCUT2D eigenvalue weighted by Crippen LogP contribution is 2.27. The van der Waals surface area contributed by atoms with Gasteiger partial charge in [0, 0.05) is 25.2 Å². The smallest absolute Gasteiger partial charge is 0.136 e. The molecule has 0 radical (unpaired) electrons. The predicted molar refractivity (Wildman–Crippen MR) is 73.0 cm³/mol. The molecule has 1 atom stereocenters. The molecule has 1 heterocycles. The van der Waals surface area contributed by atoms with Crippen molar-refractivity contribution in [3.63, 3.8) is 0 Å². The summed E-state index contributed by atoms with van der Waals surface area (Å²) in [7, 11) is 1.94. The minimum absolute atomic E-state index is 0.237. The number of pyridine rings is 1. The molecule has 1 unspecified atom stereocenters. The number of anilines is 1. The number of aromatic hydroxyl groups is 1. The first-order valence-electron chi connectivity index (χ1n) is 6.05. The first-order chi connectivity index (χ1) is 8.58. The van der Waals surface area contributed by atoms with Gasteiger partial charge in [0.15, 0.2) is 0 Å². The van der Waals surface area contributed by atoms with Gasteiger partial charge in [0.05, 0.1) is 6.10 Å². The molecule has 96 valence electrons. The van der Waals surface area contributed by atoms with Crippen molar-refractivity contribution in [1.82, 2.24) is 4.98 Å². The number of aromatic nitrogens is 1. The van der Waals surface area contributed by atoms with Crippen LogP contribution in [0.3, 0.4) is 0 Å². The minimum Gasteiger partial charge on any atom is -0.508 e. The number of hydrogen-bond acceptors (Lipinski definition) is 4. The summed E-state index contributed by atoms with van der Waals surface area (Å²) in [5.41, 5.74) is 0. The number of phenols is 1. The summed E-state index contributed by atoms with van der Waals surface area (Å²) in [6, 6.07) is 7.18. The Bertz CT molecular complexity index is 540. The van der Waals surface area contributed by atoms with Crippen molar-refractivity contribution in [2.75, 3.05) is 18.5 Å². The molecule has 2 aromatic rings. The third kappa shape index (κ3) is 2.71. The second kappa shape index (κ2) is 5.23. The Balaban J connectivity index is 2.34. The lowest BCUT2D eigenvalue weighted by molar-refractivity contribution is 0.187. The Hall–Kier alpha value is -1.81. The molecule has 1 aromatic heterocycles. The van der Waals surface area contributed by atoms with E-state index in [4.69, 9.17) is 0 Å². The lowest BCUT2D eigenvalue weighted by atomic mass is 10.1. The van der Waals surface area contributed by atoms with Crippen molar-refractivity contribution in [2.24, 2.45) is 0 Å². The van der Waals surface area contributed by atoms with Crippen molar-refractivity contribution in [3.05, 3.63) is 30.5 Å². The normalized spacial score (nSPS) is 12.6. The lowest BCUT2D eigenvalue weighted by Gasteiger charge is -2.20. The van der Waals surface area contributed by atoms with Crippen LogP contribution in [0.5, 0.6) is 5.75 Å². The fraction of sp³-hybridized carbons (Fsp3) is 0.357. The van der Waals surface area contributed by atoms with Gasteiger partial charge >= 0.3 is 0 Å². The highest BCUT2D eigenvalue weighted by molar-refractivity contribution is 5.93. The van der Waals surface area contributed by atoms with E-state index in [1.54, 1.807) is 25.3 Å². The first-order valence-corrected chi connectivity index (χ1v) is 6.05. The largest absolute Gasteiger partial charge is 0.508 e. The summed E-state index contributed by atoms with van der Waals surface area (Å²) in [5.74, 6) is 1.06. The molecule has 1 aromatic carbocycles. The van der Waals surface area contributed by atoms with Crippen LogP contribution in [0.15, 0.2) is 30.5 Å². The molecule has 0 bridgehead atoms. The third-order valence-corrected chi connectivity index (χ3v) is 2.97. The first kappa shape index (κ1) is 12.6. The van der Waals surface area contributed by atoms with Crippen LogP contribution in [0.4, 0.5) is 5.82 Å². The maximum atomic E-state index is 9.57. The van der Waals surface area contributed by atoms with Crippen molar-refractivity contribution in [1.29, 1.82) is 0 Å². The number of benzene rings is 1. The summed E-state index contributed by atoms with van der Waals surface area (Å²) >= 11 is 0. The monoisotopic (exact) mass is 246 g/mol. The quantitative estimate of drug-likeness (QED) is 0.868. The molecule has 0 fully saturated rings. The zero-order chi connectivity index (χ0) is 13.1. The summed E-state index contributed by atoms with van der Waals surface area (Å²) < 4.78 is 0. The van der Waals surface area contributed by atoms with Gasteiger partial charge in [-0.2, -0.15) is 0 Å². The lowest BCUT2D eigenvalue weighted by Crippen LogP contribution is -2.22. The molecule has 0 amide bonds. The van der Waals surface area contributed by atoms with Gasteiger partial charge in [-0.15, -0.1) is 0 Å². The number of aliphatic hydroxyl groups is 1. The Morgan fingerprint density at radius 2 is 2.11 bits per heavy atom. The predicted octanol–water partition coefficient (Wildman–Crippen LogP) is 2.15. The molecular formula is C14H18N2O2. The highest BCUT2D eigenvalue weighted by Gasteiger charge is 2.09. The zero-order valence-electron chi connectivity index (χ0n) is 10.7. The fourth-order valence-corrected chi connectivity index (χ4v) is 1.93. The van der Waals surface area contributed by atoms with Gasteiger partial charge in [0.1, 0.15) is 11.6 Å². The summed E-state index contributed by atoms with van der Waals surface area (Å²) in [6.07, 6.45) is 2.12. The number of rotatable bonds is 4. The van der Waals surface area contributed by atoms with Gasteiger partial charge < -0.3 is 15.1 Å². The van der Waals surface area contributed by atoms with E-state index in [0.717, 1.165) is 23.1 Å². The molecular weight excluding hydrogens is 228 g/mol. The second-order valence-electron chi connectivity index (χ2n) is 4.60. The van der Waals surface area contributed by atoms with E-state index in [1.807, 2.05) is 24.1 Å². The minimum atomic E-state index is -0.323. The molecule has 0 saturated heterocycles. The van der Waals surface area contributed by atoms with E-state index in [1.165, 1.54) is 0 Å². The van der Waals surface area contributed by atoms with Crippen molar-refractivity contribution >= 4 is 16.6 Å². The Morgan fingerprint density at radius 3 is 2.83 bits per heavy atom. The Morgan fingerprint density at radius 1 is 1.33 bits per heavy atom. The number of hydrogen-bond donors (Lipinski definition) is 2. The molecule has 2 rings (SSSR count). The molecule has 0 aliphatic rings. The van der Waals surface area contributed by atoms with Crippen LogP contribution in [0.1, 0.15) is 13.3 Å². The Labute approximate surface area is 107 Å². The number of fused-ring (bicyclic) bond motifs is 1. The molecule has 18 heavy (non-hydrogen) atoms. The van der Waals surface area contributed by atoms with Crippen LogP contribution >= 0.6 is 0 Å². The molecule has 0 aliphatic heterocycles. The van der Waals surface area contributed by atoms with Crippen molar-refractivity contribution in [2.45, 2.75) is 19.4 Å². The highest BCUT2D eigenvalue weighted by atomic mass is 16.3. The third-order valence-electron chi connectivity index (χ3n) is 2.97. The van der Waals surface area contributed by atoms with Gasteiger partial charge in [-0.25, -0.2) is 4.98 Å². The van der Waals surface area contributed by atoms with Crippen LogP contribution in [0.2, 0.25) is 0 Å². The van der Waals surface area contributed by atoms with Gasteiger partial charge in [0.25, 0.3) is 0 Å². The number of nitrogens with zero attached hydrogens (tertiary/aromatic N) is 2. The van der Waals surface area contributed by atoms with Gasteiger partial charge in [-0.3, -0.25) is 0 Å². The topological polar surface area (TPSA) is 56.6 Å². The van der Waals surface area contributed by atoms with Crippen LogP contribution in [-0.4, -0.2) is 34.9 Å². The average molecular weight is 246 g/mol. The maximum Gasteiger partial charge on any atom is 0.136 e. The Kier molecular flexibility index (Phi) is 3.67.